The monoisotopic (exact) mass is 270 g/mol. The van der Waals surface area contributed by atoms with Gasteiger partial charge in [0.1, 0.15) is 0 Å². The van der Waals surface area contributed by atoms with Gasteiger partial charge in [0.15, 0.2) is 0 Å². The molecule has 1 N–H and O–H groups in total. The van der Waals surface area contributed by atoms with Crippen molar-refractivity contribution in [3.63, 3.8) is 0 Å². The van der Waals surface area contributed by atoms with Crippen LogP contribution in [-0.4, -0.2) is 9.97 Å². The lowest BCUT2D eigenvalue weighted by molar-refractivity contribution is 1.27. The number of hydrogen-bond acceptors (Lipinski definition) is 3. The number of H-pyrrole nitrogens is 1. The zero-order chi connectivity index (χ0) is 12.5. The molecule has 0 atom stereocenters. The summed E-state index contributed by atoms with van der Waals surface area (Å²) in [6.07, 6.45) is 1.83. The van der Waals surface area contributed by atoms with E-state index in [0.29, 0.717) is 0 Å². The molecule has 1 aromatic carbocycles. The predicted octanol–water partition coefficient (Wildman–Crippen LogP) is 4.25. The molecule has 0 amide bonds. The molecule has 88 valence electrons. The summed E-state index contributed by atoms with van der Waals surface area (Å²) in [6, 6.07) is 13.7. The van der Waals surface area contributed by atoms with Gasteiger partial charge in [0, 0.05) is 21.0 Å². The van der Waals surface area contributed by atoms with E-state index in [4.69, 9.17) is 12.2 Å². The zero-order valence-electron chi connectivity index (χ0n) is 9.42. The van der Waals surface area contributed by atoms with Gasteiger partial charge in [-0.05, 0) is 36.4 Å². The smallest absolute Gasteiger partial charge is 0.0872 e. The van der Waals surface area contributed by atoms with Crippen LogP contribution in [0.3, 0.4) is 0 Å². The minimum Gasteiger partial charge on any atom is -0.360 e. The van der Waals surface area contributed by atoms with Gasteiger partial charge in [-0.15, -0.1) is 12.6 Å². The summed E-state index contributed by atoms with van der Waals surface area (Å²) in [6.45, 7) is 0. The van der Waals surface area contributed by atoms with Crippen molar-refractivity contribution in [2.45, 2.75) is 4.90 Å². The third-order valence-corrected chi connectivity index (χ3v) is 3.40. The Morgan fingerprint density at radius 3 is 2.83 bits per heavy atom. The predicted molar refractivity (Wildman–Crippen MR) is 79.6 cm³/mol. The molecule has 0 saturated heterocycles. The number of hydrogen-bond donors (Lipinski definition) is 2. The Kier molecular flexibility index (Phi) is 2.89. The van der Waals surface area contributed by atoms with Gasteiger partial charge in [-0.2, -0.15) is 0 Å². The van der Waals surface area contributed by atoms with Crippen LogP contribution in [0.15, 0.2) is 53.6 Å². The Bertz CT molecular complexity index is 778. The molecular formula is C14H10N2S2. The van der Waals surface area contributed by atoms with Gasteiger partial charge < -0.3 is 4.98 Å². The van der Waals surface area contributed by atoms with Crippen molar-refractivity contribution in [2.24, 2.45) is 0 Å². The number of thiol groups is 1. The highest BCUT2D eigenvalue weighted by atomic mass is 32.1. The average molecular weight is 270 g/mol. The fourth-order valence-electron chi connectivity index (χ4n) is 1.88. The van der Waals surface area contributed by atoms with Crippen LogP contribution < -0.4 is 0 Å². The number of nitrogens with one attached hydrogen (secondary N) is 1. The van der Waals surface area contributed by atoms with E-state index >= 15 is 0 Å². The van der Waals surface area contributed by atoms with Gasteiger partial charge in [-0.3, -0.25) is 0 Å². The quantitative estimate of drug-likeness (QED) is 0.511. The van der Waals surface area contributed by atoms with Crippen molar-refractivity contribution < 1.29 is 0 Å². The second-order valence-corrected chi connectivity index (χ2v) is 4.93. The molecule has 18 heavy (non-hydrogen) atoms. The fourth-order valence-corrected chi connectivity index (χ4v) is 2.34. The van der Waals surface area contributed by atoms with Crippen LogP contribution in [0.4, 0.5) is 0 Å². The Hall–Kier alpha value is -1.65. The van der Waals surface area contributed by atoms with Crippen molar-refractivity contribution >= 4 is 35.7 Å². The van der Waals surface area contributed by atoms with E-state index in [1.54, 1.807) is 0 Å². The number of nitrogens with zero attached hydrogens (tertiary/aromatic N) is 1. The lowest BCUT2D eigenvalue weighted by Gasteiger charge is -2.04. The maximum absolute atomic E-state index is 5.16. The number of aromatic amines is 1. The second-order valence-electron chi connectivity index (χ2n) is 3.98. The molecule has 4 heteroatoms. The van der Waals surface area contributed by atoms with E-state index in [1.165, 1.54) is 0 Å². The Labute approximate surface area is 115 Å². The fraction of sp³-hybridized carbons (Fsp3) is 0. The van der Waals surface area contributed by atoms with Gasteiger partial charge in [-0.25, -0.2) is 4.98 Å². The minimum atomic E-state index is 0.800. The van der Waals surface area contributed by atoms with Crippen LogP contribution in [0, 0.1) is 4.51 Å². The summed E-state index contributed by atoms with van der Waals surface area (Å²) in [5.41, 5.74) is 2.74. The van der Waals surface area contributed by atoms with Gasteiger partial charge in [0.05, 0.1) is 16.9 Å². The average Bonchev–Trinajstić information content (AvgIpc) is 2.39. The maximum atomic E-state index is 5.16. The summed E-state index contributed by atoms with van der Waals surface area (Å²) < 4.78 is 0.800. The summed E-state index contributed by atoms with van der Waals surface area (Å²) >= 11 is 9.58. The summed E-state index contributed by atoms with van der Waals surface area (Å²) in [7, 11) is 0. The van der Waals surface area contributed by atoms with Gasteiger partial charge >= 0.3 is 0 Å². The van der Waals surface area contributed by atoms with Crippen LogP contribution in [0.1, 0.15) is 0 Å². The lowest BCUT2D eigenvalue weighted by Crippen LogP contribution is -1.88. The van der Waals surface area contributed by atoms with Crippen LogP contribution in [0.2, 0.25) is 0 Å². The highest BCUT2D eigenvalue weighted by Gasteiger charge is 2.03. The third kappa shape index (κ3) is 2.05. The van der Waals surface area contributed by atoms with Crippen LogP contribution in [0.25, 0.3) is 22.3 Å². The largest absolute Gasteiger partial charge is 0.360 e. The number of fused-ring (bicyclic) bond motifs is 1. The number of pyridine rings is 2. The SMILES string of the molecule is S=c1cc[nH]c(-c2ccc3c(S)cccc3n2)c1. The van der Waals surface area contributed by atoms with Crippen molar-refractivity contribution in [3.05, 3.63) is 53.2 Å². The summed E-state index contributed by atoms with van der Waals surface area (Å²) in [4.78, 5) is 8.72. The van der Waals surface area contributed by atoms with Crippen molar-refractivity contribution in [1.82, 2.24) is 9.97 Å². The van der Waals surface area contributed by atoms with Crippen LogP contribution in [-0.2, 0) is 0 Å². The first-order valence-corrected chi connectivity index (χ1v) is 6.37. The van der Waals surface area contributed by atoms with Crippen molar-refractivity contribution in [2.75, 3.05) is 0 Å². The molecule has 0 unspecified atom stereocenters. The van der Waals surface area contributed by atoms with E-state index < -0.39 is 0 Å². The van der Waals surface area contributed by atoms with Crippen molar-refractivity contribution in [1.29, 1.82) is 0 Å². The normalized spacial score (nSPS) is 10.7. The molecular weight excluding hydrogens is 260 g/mol. The lowest BCUT2D eigenvalue weighted by atomic mass is 10.1. The molecule has 0 saturated carbocycles. The molecule has 2 heterocycles. The number of benzene rings is 1. The summed E-state index contributed by atoms with van der Waals surface area (Å²) in [5, 5.41) is 1.05. The van der Waals surface area contributed by atoms with Crippen molar-refractivity contribution in [3.8, 4) is 11.4 Å². The molecule has 0 aliphatic carbocycles. The molecule has 0 radical (unpaired) electrons. The summed E-state index contributed by atoms with van der Waals surface area (Å²) in [5.74, 6) is 0. The molecule has 0 spiro atoms. The molecule has 3 aromatic rings. The van der Waals surface area contributed by atoms with Crippen LogP contribution in [0.5, 0.6) is 0 Å². The molecule has 2 aromatic heterocycles. The van der Waals surface area contributed by atoms with Gasteiger partial charge in [0.25, 0.3) is 0 Å². The van der Waals surface area contributed by atoms with E-state index in [9.17, 15) is 0 Å². The Morgan fingerprint density at radius 1 is 1.11 bits per heavy atom. The minimum absolute atomic E-state index is 0.800. The first-order valence-electron chi connectivity index (χ1n) is 5.52. The first-order chi connectivity index (χ1) is 8.74. The Morgan fingerprint density at radius 2 is 2.00 bits per heavy atom. The number of aromatic nitrogens is 2. The third-order valence-electron chi connectivity index (χ3n) is 2.76. The van der Waals surface area contributed by atoms with E-state index in [1.807, 2.05) is 48.7 Å². The van der Waals surface area contributed by atoms with E-state index in [-0.39, 0.29) is 0 Å². The second kappa shape index (κ2) is 4.55. The van der Waals surface area contributed by atoms with E-state index in [0.717, 1.165) is 31.7 Å². The zero-order valence-corrected chi connectivity index (χ0v) is 11.1. The highest BCUT2D eigenvalue weighted by Crippen LogP contribution is 2.23. The van der Waals surface area contributed by atoms with Gasteiger partial charge in [-0.1, -0.05) is 18.3 Å². The topological polar surface area (TPSA) is 28.7 Å². The van der Waals surface area contributed by atoms with E-state index in [2.05, 4.69) is 22.6 Å². The molecule has 3 rings (SSSR count). The molecule has 2 nitrogen and oxygen atoms in total. The molecule has 0 bridgehead atoms. The Balaban J connectivity index is 2.23. The number of rotatable bonds is 1. The maximum Gasteiger partial charge on any atom is 0.0872 e. The molecule has 0 aliphatic heterocycles. The van der Waals surface area contributed by atoms with Crippen LogP contribution >= 0.6 is 24.8 Å². The molecule has 0 fully saturated rings. The standard InChI is InChI=1S/C14H10N2S2/c17-9-6-7-15-13(8-9)12-5-4-10-11(16-12)2-1-3-14(10)18/h1-8,18H,(H,15,17). The first kappa shape index (κ1) is 11.4. The highest BCUT2D eigenvalue weighted by molar-refractivity contribution is 7.80. The molecule has 0 aliphatic rings. The van der Waals surface area contributed by atoms with Gasteiger partial charge in [0.2, 0.25) is 0 Å².